The van der Waals surface area contributed by atoms with Gasteiger partial charge >= 0.3 is 0 Å². The number of carbonyl (C=O) groups excluding carboxylic acids is 1. The maximum atomic E-state index is 11.8. The van der Waals surface area contributed by atoms with Crippen LogP contribution in [0.5, 0.6) is 0 Å². The quantitative estimate of drug-likeness (QED) is 0.668. The van der Waals surface area contributed by atoms with Crippen molar-refractivity contribution in [2.45, 2.75) is 6.92 Å². The first-order valence-corrected chi connectivity index (χ1v) is 6.85. The van der Waals surface area contributed by atoms with Gasteiger partial charge in [0.2, 0.25) is 0 Å². The monoisotopic (exact) mass is 298 g/mol. The summed E-state index contributed by atoms with van der Waals surface area (Å²) in [4.78, 5) is 11.8. The number of nitrogens with one attached hydrogen (secondary N) is 1. The van der Waals surface area contributed by atoms with Crippen LogP contribution < -0.4 is 5.43 Å². The Morgan fingerprint density at radius 1 is 1.14 bits per heavy atom. The summed E-state index contributed by atoms with van der Waals surface area (Å²) < 4.78 is 0. The topological polar surface area (TPSA) is 41.5 Å². The average Bonchev–Trinajstić information content (AvgIpc) is 2.48. The van der Waals surface area contributed by atoms with Crippen molar-refractivity contribution in [3.8, 4) is 0 Å². The van der Waals surface area contributed by atoms with Crippen LogP contribution in [0.3, 0.4) is 0 Å². The normalized spacial score (nSPS) is 11.6. The first kappa shape index (κ1) is 15.0. The highest BCUT2D eigenvalue weighted by Gasteiger charge is 2.03. The van der Waals surface area contributed by atoms with E-state index in [9.17, 15) is 4.79 Å². The van der Waals surface area contributed by atoms with E-state index in [1.165, 1.54) is 0 Å². The molecule has 0 saturated heterocycles. The molecular weight excluding hydrogens is 284 g/mol. The zero-order chi connectivity index (χ0) is 15.1. The van der Waals surface area contributed by atoms with Crippen LogP contribution in [0.2, 0.25) is 5.02 Å². The number of hydrogen-bond donors (Lipinski definition) is 1. The van der Waals surface area contributed by atoms with Crippen LogP contribution in [0.15, 0.2) is 65.3 Å². The van der Waals surface area contributed by atoms with Gasteiger partial charge in [-0.2, -0.15) is 5.10 Å². The molecule has 0 radical (unpaired) electrons. The second-order valence-electron chi connectivity index (χ2n) is 4.51. The third kappa shape index (κ3) is 4.89. The molecule has 0 aliphatic carbocycles. The van der Waals surface area contributed by atoms with Gasteiger partial charge in [-0.25, -0.2) is 5.43 Å². The van der Waals surface area contributed by atoms with Crippen molar-refractivity contribution in [2.75, 3.05) is 0 Å². The van der Waals surface area contributed by atoms with Gasteiger partial charge in [0, 0.05) is 10.6 Å². The lowest BCUT2D eigenvalue weighted by molar-refractivity contribution is 0.0955. The fourth-order valence-corrected chi connectivity index (χ4v) is 1.93. The van der Waals surface area contributed by atoms with Gasteiger partial charge in [0.25, 0.3) is 5.91 Å². The summed E-state index contributed by atoms with van der Waals surface area (Å²) in [6.45, 7) is 1.92. The first-order valence-electron chi connectivity index (χ1n) is 6.47. The fourth-order valence-electron chi connectivity index (χ4n) is 1.74. The number of amides is 1. The summed E-state index contributed by atoms with van der Waals surface area (Å²) in [6.07, 6.45) is 3.59. The molecule has 2 aromatic rings. The van der Waals surface area contributed by atoms with Crippen LogP contribution >= 0.6 is 11.6 Å². The van der Waals surface area contributed by atoms with Gasteiger partial charge in [-0.05, 0) is 36.3 Å². The minimum atomic E-state index is -0.290. The third-order valence-electron chi connectivity index (χ3n) is 2.71. The van der Waals surface area contributed by atoms with Crippen molar-refractivity contribution in [3.05, 3.63) is 76.3 Å². The molecule has 0 heterocycles. The lowest BCUT2D eigenvalue weighted by Crippen LogP contribution is -2.17. The minimum absolute atomic E-state index is 0.290. The van der Waals surface area contributed by atoms with E-state index in [2.05, 4.69) is 10.5 Å². The number of hydrogen-bond acceptors (Lipinski definition) is 2. The van der Waals surface area contributed by atoms with Gasteiger partial charge in [-0.1, -0.05) is 54.1 Å². The van der Waals surface area contributed by atoms with Gasteiger partial charge in [0.05, 0.1) is 6.21 Å². The van der Waals surface area contributed by atoms with E-state index in [0.29, 0.717) is 10.6 Å². The van der Waals surface area contributed by atoms with Crippen LogP contribution in [-0.4, -0.2) is 12.1 Å². The molecule has 2 rings (SSSR count). The van der Waals surface area contributed by atoms with E-state index in [0.717, 1.165) is 11.1 Å². The zero-order valence-electron chi connectivity index (χ0n) is 11.6. The van der Waals surface area contributed by atoms with Crippen molar-refractivity contribution < 1.29 is 4.79 Å². The summed E-state index contributed by atoms with van der Waals surface area (Å²) in [5.41, 5.74) is 4.97. The Kier molecular flexibility index (Phi) is 5.29. The average molecular weight is 299 g/mol. The highest BCUT2D eigenvalue weighted by molar-refractivity contribution is 6.30. The van der Waals surface area contributed by atoms with Crippen molar-refractivity contribution >= 4 is 29.8 Å². The van der Waals surface area contributed by atoms with Crippen molar-refractivity contribution in [1.29, 1.82) is 0 Å². The molecule has 2 aromatic carbocycles. The van der Waals surface area contributed by atoms with E-state index >= 15 is 0 Å². The van der Waals surface area contributed by atoms with Crippen molar-refractivity contribution in [2.24, 2.45) is 5.10 Å². The third-order valence-corrected chi connectivity index (χ3v) is 2.95. The van der Waals surface area contributed by atoms with Crippen molar-refractivity contribution in [1.82, 2.24) is 5.43 Å². The first-order chi connectivity index (χ1) is 10.1. The van der Waals surface area contributed by atoms with Crippen LogP contribution in [-0.2, 0) is 0 Å². The molecular formula is C17H15ClN2O. The molecule has 0 saturated carbocycles. The lowest BCUT2D eigenvalue weighted by Gasteiger charge is -2.00. The Morgan fingerprint density at radius 2 is 1.90 bits per heavy atom. The van der Waals surface area contributed by atoms with Crippen LogP contribution in [0, 0.1) is 0 Å². The van der Waals surface area contributed by atoms with Crippen molar-refractivity contribution in [3.63, 3.8) is 0 Å². The molecule has 4 heteroatoms. The number of benzene rings is 2. The molecule has 0 aromatic heterocycles. The van der Waals surface area contributed by atoms with E-state index in [-0.39, 0.29) is 5.91 Å². The lowest BCUT2D eigenvalue weighted by atomic mass is 10.1. The van der Waals surface area contributed by atoms with Gasteiger partial charge in [-0.15, -0.1) is 0 Å². The Bertz CT molecular complexity index is 678. The fraction of sp³-hybridized carbons (Fsp3) is 0.0588. The molecule has 0 bridgehead atoms. The molecule has 0 aliphatic rings. The molecule has 21 heavy (non-hydrogen) atoms. The largest absolute Gasteiger partial charge is 0.271 e. The van der Waals surface area contributed by atoms with Gasteiger partial charge < -0.3 is 0 Å². The Morgan fingerprint density at radius 3 is 2.62 bits per heavy atom. The second-order valence-corrected chi connectivity index (χ2v) is 4.94. The minimum Gasteiger partial charge on any atom is -0.267 e. The summed E-state index contributed by atoms with van der Waals surface area (Å²) in [5.74, 6) is -0.290. The number of carbonyl (C=O) groups is 1. The summed E-state index contributed by atoms with van der Waals surface area (Å²) in [6, 6.07) is 16.6. The summed E-state index contributed by atoms with van der Waals surface area (Å²) >= 11 is 5.84. The predicted octanol–water partition coefficient (Wildman–Crippen LogP) is 4.16. The molecule has 0 aliphatic heterocycles. The van der Waals surface area contributed by atoms with E-state index in [1.54, 1.807) is 30.5 Å². The van der Waals surface area contributed by atoms with Gasteiger partial charge in [0.1, 0.15) is 0 Å². The zero-order valence-corrected chi connectivity index (χ0v) is 12.3. The Balaban J connectivity index is 1.96. The van der Waals surface area contributed by atoms with Gasteiger partial charge in [-0.3, -0.25) is 4.79 Å². The number of hydrazone groups is 1. The van der Waals surface area contributed by atoms with E-state index in [1.807, 2.05) is 43.3 Å². The van der Waals surface area contributed by atoms with Crippen LogP contribution in [0.25, 0.3) is 6.08 Å². The maximum absolute atomic E-state index is 11.8. The molecule has 3 nitrogen and oxygen atoms in total. The van der Waals surface area contributed by atoms with Crippen LogP contribution in [0.4, 0.5) is 0 Å². The maximum Gasteiger partial charge on any atom is 0.271 e. The van der Waals surface area contributed by atoms with E-state index < -0.39 is 0 Å². The molecule has 0 atom stereocenters. The SMILES string of the molecule is CC(C=NNC(=O)c1cccc(Cl)c1)=Cc1ccccc1. The molecule has 0 fully saturated rings. The highest BCUT2D eigenvalue weighted by Crippen LogP contribution is 2.10. The smallest absolute Gasteiger partial charge is 0.267 e. The molecule has 1 amide bonds. The van der Waals surface area contributed by atoms with Gasteiger partial charge in [0.15, 0.2) is 0 Å². The van der Waals surface area contributed by atoms with Crippen LogP contribution in [0.1, 0.15) is 22.8 Å². The number of rotatable bonds is 4. The standard InChI is InChI=1S/C17H15ClN2O/c1-13(10-14-6-3-2-4-7-14)12-19-20-17(21)15-8-5-9-16(18)11-15/h2-12H,1H3,(H,20,21). The molecule has 106 valence electrons. The second kappa shape index (κ2) is 7.41. The molecule has 0 spiro atoms. The molecule has 1 N–H and O–H groups in total. The summed E-state index contributed by atoms with van der Waals surface area (Å²) in [5, 5.41) is 4.46. The number of allylic oxidation sites excluding steroid dienone is 1. The van der Waals surface area contributed by atoms with E-state index in [4.69, 9.17) is 11.6 Å². The Labute approximate surface area is 129 Å². The highest BCUT2D eigenvalue weighted by atomic mass is 35.5. The number of nitrogens with zero attached hydrogens (tertiary/aromatic N) is 1. The summed E-state index contributed by atoms with van der Waals surface area (Å²) in [7, 11) is 0. The molecule has 0 unspecified atom stereocenters. The number of halogens is 1. The predicted molar refractivity (Wildman–Crippen MR) is 87.5 cm³/mol. The Hall–Kier alpha value is -2.39.